The van der Waals surface area contributed by atoms with E-state index >= 15 is 0 Å². The number of hydrogen-bond acceptors (Lipinski definition) is 1. The molecule has 4 heteroatoms. The third-order valence-electron chi connectivity index (χ3n) is 2.29. The summed E-state index contributed by atoms with van der Waals surface area (Å²) in [5.41, 5.74) is 0.387. The predicted octanol–water partition coefficient (Wildman–Crippen LogP) is 3.39. The maximum atomic E-state index is 13.6. The third kappa shape index (κ3) is 3.43. The van der Waals surface area contributed by atoms with Gasteiger partial charge in [0.25, 0.3) is 0 Å². The zero-order valence-electron chi connectivity index (χ0n) is 9.25. The molecule has 0 unspecified atom stereocenters. The second-order valence-corrected chi connectivity index (χ2v) is 4.25. The summed E-state index contributed by atoms with van der Waals surface area (Å²) in [4.78, 5) is 13.3. The number of halogens is 2. The minimum atomic E-state index is -0.336. The van der Waals surface area contributed by atoms with Crippen LogP contribution in [0.4, 0.5) is 10.1 Å². The van der Waals surface area contributed by atoms with Gasteiger partial charge in [-0.3, -0.25) is 4.79 Å². The highest BCUT2D eigenvalue weighted by molar-refractivity contribution is 14.1. The summed E-state index contributed by atoms with van der Waals surface area (Å²) in [5.74, 6) is -0.379. The monoisotopic (exact) mass is 335 g/mol. The van der Waals surface area contributed by atoms with Crippen LogP contribution in [-0.2, 0) is 4.79 Å². The first-order valence-corrected chi connectivity index (χ1v) is 6.84. The highest BCUT2D eigenvalue weighted by Crippen LogP contribution is 2.19. The van der Waals surface area contributed by atoms with E-state index in [9.17, 15) is 9.18 Å². The van der Waals surface area contributed by atoms with Crippen molar-refractivity contribution in [2.75, 3.05) is 15.9 Å². The number of carbonyl (C=O) groups is 1. The van der Waals surface area contributed by atoms with Crippen molar-refractivity contribution in [2.24, 2.45) is 0 Å². The molecule has 2 nitrogen and oxygen atoms in total. The van der Waals surface area contributed by atoms with Gasteiger partial charge in [0.05, 0.1) is 10.1 Å². The molecule has 0 N–H and O–H groups in total. The summed E-state index contributed by atoms with van der Waals surface area (Å²) in [5, 5.41) is 0. The average molecular weight is 335 g/mol. The molecule has 0 radical (unpaired) electrons. The van der Waals surface area contributed by atoms with E-state index in [0.717, 1.165) is 12.8 Å². The van der Waals surface area contributed by atoms with Gasteiger partial charge in [0.2, 0.25) is 5.91 Å². The van der Waals surface area contributed by atoms with Gasteiger partial charge in [0.1, 0.15) is 5.82 Å². The molecule has 1 amide bonds. The summed E-state index contributed by atoms with van der Waals surface area (Å²) >= 11 is 2.01. The van der Waals surface area contributed by atoms with Crippen molar-refractivity contribution in [1.82, 2.24) is 0 Å². The van der Waals surface area contributed by atoms with Crippen LogP contribution in [0, 0.1) is 5.82 Å². The number of benzene rings is 1. The van der Waals surface area contributed by atoms with Crippen molar-refractivity contribution in [3.05, 3.63) is 30.1 Å². The predicted molar refractivity (Wildman–Crippen MR) is 72.5 cm³/mol. The Hall–Kier alpha value is -0.650. The largest absolute Gasteiger partial charge is 0.309 e. The molecule has 1 aromatic carbocycles. The fraction of sp³-hybridized carbons (Fsp3) is 0.417. The Morgan fingerprint density at radius 2 is 2.12 bits per heavy atom. The molecule has 16 heavy (non-hydrogen) atoms. The average Bonchev–Trinajstić information content (AvgIpc) is 2.31. The Bertz CT molecular complexity index is 357. The molecule has 1 aromatic rings. The molecule has 0 aliphatic carbocycles. The normalized spacial score (nSPS) is 10.2. The quantitative estimate of drug-likeness (QED) is 0.597. The number of carbonyl (C=O) groups excluding carboxylic acids is 1. The van der Waals surface area contributed by atoms with Gasteiger partial charge in [-0.1, -0.05) is 48.1 Å². The van der Waals surface area contributed by atoms with Gasteiger partial charge in [-0.15, -0.1) is 0 Å². The number of hydrogen-bond donors (Lipinski definition) is 0. The third-order valence-corrected chi connectivity index (χ3v) is 2.95. The van der Waals surface area contributed by atoms with Crippen LogP contribution < -0.4 is 4.90 Å². The number of rotatable bonds is 5. The molecule has 1 rings (SSSR count). The van der Waals surface area contributed by atoms with Crippen LogP contribution in [-0.4, -0.2) is 16.9 Å². The minimum absolute atomic E-state index is 0.0425. The first-order valence-electron chi connectivity index (χ1n) is 5.31. The van der Waals surface area contributed by atoms with Gasteiger partial charge >= 0.3 is 0 Å². The Morgan fingerprint density at radius 1 is 1.44 bits per heavy atom. The maximum Gasteiger partial charge on any atom is 0.236 e. The van der Waals surface area contributed by atoms with E-state index in [4.69, 9.17) is 0 Å². The van der Waals surface area contributed by atoms with Crippen LogP contribution in [0.2, 0.25) is 0 Å². The summed E-state index contributed by atoms with van der Waals surface area (Å²) < 4.78 is 13.9. The second-order valence-electron chi connectivity index (χ2n) is 3.48. The molecule has 0 bridgehead atoms. The van der Waals surface area contributed by atoms with E-state index in [-0.39, 0.29) is 11.7 Å². The van der Waals surface area contributed by atoms with Gasteiger partial charge in [-0.05, 0) is 18.6 Å². The minimum Gasteiger partial charge on any atom is -0.309 e. The standard InChI is InChI=1S/C12H15FINO/c1-2-3-8-15(12(16)9-14)11-7-5-4-6-10(11)13/h4-7H,2-3,8-9H2,1H3. The van der Waals surface area contributed by atoms with Crippen molar-refractivity contribution in [1.29, 1.82) is 0 Å². The van der Waals surface area contributed by atoms with E-state index in [2.05, 4.69) is 0 Å². The molecular weight excluding hydrogens is 320 g/mol. The summed E-state index contributed by atoms with van der Waals surface area (Å²) in [7, 11) is 0. The van der Waals surface area contributed by atoms with Gasteiger partial charge in [-0.2, -0.15) is 0 Å². The van der Waals surface area contributed by atoms with Gasteiger partial charge < -0.3 is 4.90 Å². The van der Waals surface area contributed by atoms with E-state index in [0.29, 0.717) is 16.7 Å². The van der Waals surface area contributed by atoms with Crippen LogP contribution in [0.15, 0.2) is 24.3 Å². The fourth-order valence-electron chi connectivity index (χ4n) is 1.44. The van der Waals surface area contributed by atoms with Gasteiger partial charge in [0, 0.05) is 6.54 Å². The summed E-state index contributed by atoms with van der Waals surface area (Å²) in [6.07, 6.45) is 1.87. The van der Waals surface area contributed by atoms with Crippen LogP contribution in [0.5, 0.6) is 0 Å². The molecular formula is C12H15FINO. The lowest BCUT2D eigenvalue weighted by Gasteiger charge is -2.22. The zero-order chi connectivity index (χ0) is 12.0. The van der Waals surface area contributed by atoms with E-state index in [1.807, 2.05) is 29.5 Å². The molecule has 0 aliphatic heterocycles. The summed E-state index contributed by atoms with van der Waals surface area (Å²) in [6, 6.07) is 6.41. The zero-order valence-corrected chi connectivity index (χ0v) is 11.4. The highest BCUT2D eigenvalue weighted by atomic mass is 127. The lowest BCUT2D eigenvalue weighted by atomic mass is 10.2. The number of amides is 1. The number of para-hydroxylation sites is 1. The van der Waals surface area contributed by atoms with E-state index < -0.39 is 0 Å². The fourth-order valence-corrected chi connectivity index (χ4v) is 1.85. The Balaban J connectivity index is 2.92. The molecule has 0 saturated heterocycles. The molecule has 0 fully saturated rings. The van der Waals surface area contributed by atoms with Crippen molar-refractivity contribution in [3.8, 4) is 0 Å². The first kappa shape index (κ1) is 13.4. The maximum absolute atomic E-state index is 13.6. The lowest BCUT2D eigenvalue weighted by Crippen LogP contribution is -2.33. The Labute approximate surface area is 109 Å². The Kier molecular flexibility index (Phi) is 5.73. The highest BCUT2D eigenvalue weighted by Gasteiger charge is 2.16. The SMILES string of the molecule is CCCCN(C(=O)CI)c1ccccc1F. The van der Waals surface area contributed by atoms with Crippen molar-refractivity contribution in [3.63, 3.8) is 0 Å². The molecule has 0 aromatic heterocycles. The van der Waals surface area contributed by atoms with Gasteiger partial charge in [0.15, 0.2) is 0 Å². The van der Waals surface area contributed by atoms with Crippen LogP contribution >= 0.6 is 22.6 Å². The van der Waals surface area contributed by atoms with Crippen molar-refractivity contribution >= 4 is 34.2 Å². The van der Waals surface area contributed by atoms with E-state index in [1.54, 1.807) is 18.2 Å². The topological polar surface area (TPSA) is 20.3 Å². The second kappa shape index (κ2) is 6.83. The lowest BCUT2D eigenvalue weighted by molar-refractivity contribution is -0.116. The molecule has 0 atom stereocenters. The van der Waals surface area contributed by atoms with Crippen LogP contribution in [0.1, 0.15) is 19.8 Å². The first-order chi connectivity index (χ1) is 7.70. The van der Waals surface area contributed by atoms with Crippen molar-refractivity contribution in [2.45, 2.75) is 19.8 Å². The van der Waals surface area contributed by atoms with Crippen LogP contribution in [0.3, 0.4) is 0 Å². The molecule has 0 saturated carbocycles. The molecule has 0 heterocycles. The van der Waals surface area contributed by atoms with Crippen molar-refractivity contribution < 1.29 is 9.18 Å². The van der Waals surface area contributed by atoms with E-state index in [1.165, 1.54) is 11.0 Å². The Morgan fingerprint density at radius 3 is 2.69 bits per heavy atom. The molecule has 0 aliphatic rings. The number of anilines is 1. The summed E-state index contributed by atoms with van der Waals surface area (Å²) in [6.45, 7) is 2.63. The smallest absolute Gasteiger partial charge is 0.236 e. The number of nitrogens with zero attached hydrogens (tertiary/aromatic N) is 1. The van der Waals surface area contributed by atoms with Crippen LogP contribution in [0.25, 0.3) is 0 Å². The molecule has 88 valence electrons. The molecule has 0 spiro atoms. The van der Waals surface area contributed by atoms with Gasteiger partial charge in [-0.25, -0.2) is 4.39 Å². The number of alkyl halides is 1. The number of unbranched alkanes of at least 4 members (excludes halogenated alkanes) is 1.